The predicted octanol–water partition coefficient (Wildman–Crippen LogP) is 1.29. The third kappa shape index (κ3) is 4.20. The Kier molecular flexibility index (Phi) is 5.63. The maximum atomic E-state index is 5.85. The fraction of sp³-hybridized carbons (Fsp3) is 0.600. The Hall–Kier alpha value is -1.10. The zero-order valence-corrected chi connectivity index (χ0v) is 11.7. The van der Waals surface area contributed by atoms with Crippen LogP contribution >= 0.6 is 0 Å². The lowest BCUT2D eigenvalue weighted by atomic mass is 10.2. The van der Waals surface area contributed by atoms with E-state index in [1.807, 2.05) is 12.1 Å². The van der Waals surface area contributed by atoms with Gasteiger partial charge in [0, 0.05) is 19.6 Å². The minimum absolute atomic E-state index is 0.273. The molecule has 1 unspecified atom stereocenters. The summed E-state index contributed by atoms with van der Waals surface area (Å²) in [6.45, 7) is 6.89. The van der Waals surface area contributed by atoms with Gasteiger partial charge in [-0.2, -0.15) is 0 Å². The molecule has 0 aromatic heterocycles. The van der Waals surface area contributed by atoms with Crippen molar-refractivity contribution >= 4 is 0 Å². The van der Waals surface area contributed by atoms with Crippen molar-refractivity contribution in [1.29, 1.82) is 0 Å². The Morgan fingerprint density at radius 1 is 1.26 bits per heavy atom. The molecule has 1 fully saturated rings. The van der Waals surface area contributed by atoms with Crippen molar-refractivity contribution < 1.29 is 9.47 Å². The van der Waals surface area contributed by atoms with Gasteiger partial charge in [0.05, 0.1) is 19.3 Å². The maximum Gasteiger partial charge on any atom is 0.119 e. The number of morpholine rings is 1. The normalized spacial score (nSPS) is 18.2. The van der Waals surface area contributed by atoms with Crippen LogP contribution in [0.3, 0.4) is 0 Å². The monoisotopic (exact) mass is 264 g/mol. The first kappa shape index (κ1) is 14.3. The Morgan fingerprint density at radius 2 is 1.95 bits per heavy atom. The largest absolute Gasteiger partial charge is 0.492 e. The van der Waals surface area contributed by atoms with E-state index in [1.165, 1.54) is 5.56 Å². The number of benzene rings is 1. The van der Waals surface area contributed by atoms with Gasteiger partial charge in [0.15, 0.2) is 0 Å². The molecule has 1 aromatic carbocycles. The van der Waals surface area contributed by atoms with Crippen LogP contribution in [-0.2, 0) is 11.2 Å². The standard InChI is InChI=1S/C15H24N2O2/c1-2-13-3-5-15(6-4-13)19-12-14(11-16)17-7-9-18-10-8-17/h3-6,14H,2,7-12,16H2,1H3. The zero-order chi connectivity index (χ0) is 13.5. The molecule has 1 heterocycles. The molecule has 1 atom stereocenters. The molecule has 1 saturated heterocycles. The van der Waals surface area contributed by atoms with Crippen LogP contribution in [0, 0.1) is 0 Å². The van der Waals surface area contributed by atoms with E-state index in [4.69, 9.17) is 15.2 Å². The van der Waals surface area contributed by atoms with E-state index in [2.05, 4.69) is 24.0 Å². The van der Waals surface area contributed by atoms with Gasteiger partial charge in [-0.15, -0.1) is 0 Å². The summed E-state index contributed by atoms with van der Waals surface area (Å²) in [5.41, 5.74) is 7.18. The summed E-state index contributed by atoms with van der Waals surface area (Å²) < 4.78 is 11.2. The molecule has 106 valence electrons. The molecular weight excluding hydrogens is 240 g/mol. The minimum atomic E-state index is 0.273. The number of aryl methyl sites for hydroxylation is 1. The highest BCUT2D eigenvalue weighted by molar-refractivity contribution is 5.27. The summed E-state index contributed by atoms with van der Waals surface area (Å²) in [7, 11) is 0. The first-order valence-electron chi connectivity index (χ1n) is 7.07. The fourth-order valence-corrected chi connectivity index (χ4v) is 2.28. The zero-order valence-electron chi connectivity index (χ0n) is 11.7. The summed E-state index contributed by atoms with van der Waals surface area (Å²) in [4.78, 5) is 2.35. The molecule has 0 radical (unpaired) electrons. The van der Waals surface area contributed by atoms with Gasteiger partial charge in [-0.25, -0.2) is 0 Å². The Morgan fingerprint density at radius 3 is 2.53 bits per heavy atom. The second-order valence-corrected chi connectivity index (χ2v) is 4.85. The third-order valence-electron chi connectivity index (χ3n) is 3.61. The lowest BCUT2D eigenvalue weighted by Crippen LogP contribution is -2.49. The van der Waals surface area contributed by atoms with Gasteiger partial charge < -0.3 is 15.2 Å². The summed E-state index contributed by atoms with van der Waals surface area (Å²) in [6.07, 6.45) is 1.06. The first-order chi connectivity index (χ1) is 9.33. The average Bonchev–Trinajstić information content (AvgIpc) is 2.49. The Bertz CT molecular complexity index is 361. The van der Waals surface area contributed by atoms with E-state index >= 15 is 0 Å². The molecule has 0 amide bonds. The molecule has 0 spiro atoms. The van der Waals surface area contributed by atoms with Crippen molar-refractivity contribution in [1.82, 2.24) is 4.90 Å². The van der Waals surface area contributed by atoms with Crippen molar-refractivity contribution in [3.8, 4) is 5.75 Å². The Balaban J connectivity index is 1.84. The summed E-state index contributed by atoms with van der Waals surface area (Å²) in [6, 6.07) is 8.57. The molecule has 4 nitrogen and oxygen atoms in total. The van der Waals surface area contributed by atoms with Crippen LogP contribution in [0.4, 0.5) is 0 Å². The third-order valence-corrected chi connectivity index (χ3v) is 3.61. The van der Waals surface area contributed by atoms with Gasteiger partial charge in [0.2, 0.25) is 0 Å². The summed E-state index contributed by atoms with van der Waals surface area (Å²) in [5, 5.41) is 0. The molecule has 0 bridgehead atoms. The van der Waals surface area contributed by atoms with E-state index in [1.54, 1.807) is 0 Å². The van der Waals surface area contributed by atoms with Crippen LogP contribution in [0.1, 0.15) is 12.5 Å². The summed E-state index contributed by atoms with van der Waals surface area (Å²) in [5.74, 6) is 0.920. The maximum absolute atomic E-state index is 5.85. The molecule has 0 saturated carbocycles. The molecular formula is C15H24N2O2. The quantitative estimate of drug-likeness (QED) is 0.841. The topological polar surface area (TPSA) is 47.7 Å². The van der Waals surface area contributed by atoms with Gasteiger partial charge in [0.25, 0.3) is 0 Å². The predicted molar refractivity (Wildman–Crippen MR) is 76.5 cm³/mol. The smallest absolute Gasteiger partial charge is 0.119 e. The molecule has 2 N–H and O–H groups in total. The second-order valence-electron chi connectivity index (χ2n) is 4.85. The van der Waals surface area contributed by atoms with Crippen molar-refractivity contribution in [3.63, 3.8) is 0 Å². The van der Waals surface area contributed by atoms with E-state index in [9.17, 15) is 0 Å². The molecule has 1 aliphatic heterocycles. The van der Waals surface area contributed by atoms with Crippen molar-refractivity contribution in [2.24, 2.45) is 5.73 Å². The molecule has 0 aliphatic carbocycles. The van der Waals surface area contributed by atoms with Crippen molar-refractivity contribution in [2.45, 2.75) is 19.4 Å². The number of rotatable bonds is 6. The molecule has 19 heavy (non-hydrogen) atoms. The van der Waals surface area contributed by atoms with Crippen LogP contribution in [-0.4, -0.2) is 50.4 Å². The van der Waals surface area contributed by atoms with Gasteiger partial charge in [0.1, 0.15) is 12.4 Å². The fourth-order valence-electron chi connectivity index (χ4n) is 2.28. The number of hydrogen-bond donors (Lipinski definition) is 1. The van der Waals surface area contributed by atoms with Gasteiger partial charge in [-0.3, -0.25) is 4.90 Å². The first-order valence-corrected chi connectivity index (χ1v) is 7.07. The second kappa shape index (κ2) is 7.48. The van der Waals surface area contributed by atoms with Gasteiger partial charge in [-0.1, -0.05) is 19.1 Å². The molecule has 1 aromatic rings. The van der Waals surface area contributed by atoms with Crippen LogP contribution in [0.25, 0.3) is 0 Å². The number of nitrogens with zero attached hydrogens (tertiary/aromatic N) is 1. The van der Waals surface area contributed by atoms with Crippen molar-refractivity contribution in [2.75, 3.05) is 39.5 Å². The lowest BCUT2D eigenvalue weighted by Gasteiger charge is -2.33. The Labute approximate surface area is 115 Å². The van der Waals surface area contributed by atoms with Crippen molar-refractivity contribution in [3.05, 3.63) is 29.8 Å². The van der Waals surface area contributed by atoms with E-state index < -0.39 is 0 Å². The highest BCUT2D eigenvalue weighted by atomic mass is 16.5. The van der Waals surface area contributed by atoms with Crippen LogP contribution in [0.2, 0.25) is 0 Å². The summed E-state index contributed by atoms with van der Waals surface area (Å²) >= 11 is 0. The van der Waals surface area contributed by atoms with E-state index in [0.29, 0.717) is 13.2 Å². The van der Waals surface area contributed by atoms with Crippen LogP contribution in [0.15, 0.2) is 24.3 Å². The van der Waals surface area contributed by atoms with E-state index in [0.717, 1.165) is 38.5 Å². The van der Waals surface area contributed by atoms with E-state index in [-0.39, 0.29) is 6.04 Å². The number of ether oxygens (including phenoxy) is 2. The van der Waals surface area contributed by atoms with Crippen LogP contribution < -0.4 is 10.5 Å². The minimum Gasteiger partial charge on any atom is -0.492 e. The van der Waals surface area contributed by atoms with Crippen LogP contribution in [0.5, 0.6) is 5.75 Å². The molecule has 1 aliphatic rings. The van der Waals surface area contributed by atoms with Gasteiger partial charge >= 0.3 is 0 Å². The lowest BCUT2D eigenvalue weighted by molar-refractivity contribution is 0.00824. The SMILES string of the molecule is CCc1ccc(OCC(CN)N2CCOCC2)cc1. The highest BCUT2D eigenvalue weighted by Gasteiger charge is 2.20. The molecule has 2 rings (SSSR count). The average molecular weight is 264 g/mol. The number of hydrogen-bond acceptors (Lipinski definition) is 4. The highest BCUT2D eigenvalue weighted by Crippen LogP contribution is 2.14. The van der Waals surface area contributed by atoms with Gasteiger partial charge in [-0.05, 0) is 24.1 Å². The molecule has 4 heteroatoms. The number of nitrogens with two attached hydrogens (primary N) is 1.